The van der Waals surface area contributed by atoms with Crippen LogP contribution in [-0.4, -0.2) is 65.4 Å². The SMILES string of the molecule is Nc1ncnc2c1ncn2[C@@H]1[C@@H]2CC(CO)(CO)[C@H]1[C@H](O)[C@@H]2O. The first kappa shape index (κ1) is 14.8. The first-order chi connectivity index (χ1) is 11.0. The van der Waals surface area contributed by atoms with Crippen molar-refractivity contribution in [3.05, 3.63) is 12.7 Å². The Balaban J connectivity index is 1.86. The standard InChI is InChI=1S/C14H19N5O4/c15-12-8-13(17-4-16-12)19(5-18-8)9-6-1-14(2-20,3-21)7(9)11(23)10(6)22/h4-7,9-11,20-23H,1-3H2,(H2,15,16,17)/t6-,7+,9+,10+,11-/m0/s1. The zero-order chi connectivity index (χ0) is 16.4. The Hall–Kier alpha value is -1.81. The van der Waals surface area contributed by atoms with E-state index in [-0.39, 0.29) is 31.0 Å². The second-order valence-electron chi connectivity index (χ2n) is 6.63. The molecule has 2 heterocycles. The van der Waals surface area contributed by atoms with Crippen LogP contribution in [0.2, 0.25) is 0 Å². The second-order valence-corrected chi connectivity index (χ2v) is 6.63. The average Bonchev–Trinajstić information content (AvgIpc) is 3.18. The van der Waals surface area contributed by atoms with Crippen molar-refractivity contribution < 1.29 is 20.4 Å². The van der Waals surface area contributed by atoms with Crippen LogP contribution >= 0.6 is 0 Å². The maximum Gasteiger partial charge on any atom is 0.165 e. The monoisotopic (exact) mass is 321 g/mol. The summed E-state index contributed by atoms with van der Waals surface area (Å²) < 4.78 is 1.77. The summed E-state index contributed by atoms with van der Waals surface area (Å²) in [4.78, 5) is 12.4. The number of nitrogens with zero attached hydrogens (tertiary/aromatic N) is 4. The van der Waals surface area contributed by atoms with Crippen molar-refractivity contribution in [3.63, 3.8) is 0 Å². The molecule has 0 radical (unpaired) electrons. The van der Waals surface area contributed by atoms with Gasteiger partial charge in [0.2, 0.25) is 0 Å². The third kappa shape index (κ3) is 1.73. The van der Waals surface area contributed by atoms with Crippen LogP contribution in [0.4, 0.5) is 5.82 Å². The van der Waals surface area contributed by atoms with E-state index in [1.54, 1.807) is 10.9 Å². The molecule has 2 aliphatic rings. The minimum Gasteiger partial charge on any atom is -0.396 e. The van der Waals surface area contributed by atoms with Crippen LogP contribution in [0, 0.1) is 17.3 Å². The van der Waals surface area contributed by atoms with Gasteiger partial charge < -0.3 is 30.7 Å². The fourth-order valence-corrected chi connectivity index (χ4v) is 4.56. The van der Waals surface area contributed by atoms with Crippen molar-refractivity contribution in [2.24, 2.45) is 17.3 Å². The van der Waals surface area contributed by atoms with Gasteiger partial charge in [-0.05, 0) is 6.42 Å². The lowest BCUT2D eigenvalue weighted by molar-refractivity contribution is -0.0982. The molecule has 23 heavy (non-hydrogen) atoms. The van der Waals surface area contributed by atoms with Gasteiger partial charge >= 0.3 is 0 Å². The van der Waals surface area contributed by atoms with Crippen molar-refractivity contribution >= 4 is 17.0 Å². The third-order valence-corrected chi connectivity index (χ3v) is 5.65. The van der Waals surface area contributed by atoms with Gasteiger partial charge in [-0.1, -0.05) is 0 Å². The van der Waals surface area contributed by atoms with Crippen molar-refractivity contribution in [1.29, 1.82) is 0 Å². The smallest absolute Gasteiger partial charge is 0.165 e. The second kappa shape index (κ2) is 4.84. The van der Waals surface area contributed by atoms with Crippen LogP contribution in [0.25, 0.3) is 11.2 Å². The van der Waals surface area contributed by atoms with Crippen LogP contribution in [0.15, 0.2) is 12.7 Å². The van der Waals surface area contributed by atoms with E-state index >= 15 is 0 Å². The number of imidazole rings is 1. The molecule has 2 aromatic heterocycles. The maximum atomic E-state index is 10.4. The molecule has 9 heteroatoms. The number of fused-ring (bicyclic) bond motifs is 3. The molecule has 2 saturated carbocycles. The number of hydrogen-bond acceptors (Lipinski definition) is 8. The Labute approximate surface area is 131 Å². The molecule has 0 aromatic carbocycles. The molecule has 0 spiro atoms. The molecule has 0 unspecified atom stereocenters. The lowest BCUT2D eigenvalue weighted by Crippen LogP contribution is -2.47. The summed E-state index contributed by atoms with van der Waals surface area (Å²) in [5.41, 5.74) is 5.96. The van der Waals surface area contributed by atoms with Crippen LogP contribution in [0.3, 0.4) is 0 Å². The molecule has 6 N–H and O–H groups in total. The van der Waals surface area contributed by atoms with E-state index in [2.05, 4.69) is 15.0 Å². The first-order valence-corrected chi connectivity index (χ1v) is 7.55. The van der Waals surface area contributed by atoms with Gasteiger partial charge in [-0.3, -0.25) is 0 Å². The number of anilines is 1. The number of rotatable bonds is 3. The van der Waals surface area contributed by atoms with E-state index in [4.69, 9.17) is 5.73 Å². The summed E-state index contributed by atoms with van der Waals surface area (Å²) in [6.45, 7) is -0.511. The molecule has 2 aliphatic carbocycles. The molecule has 4 rings (SSSR count). The number of aromatic nitrogens is 4. The minimum absolute atomic E-state index is 0.255. The van der Waals surface area contributed by atoms with E-state index in [0.717, 1.165) is 0 Å². The van der Waals surface area contributed by atoms with Gasteiger partial charge in [-0.15, -0.1) is 0 Å². The van der Waals surface area contributed by atoms with Gasteiger partial charge in [0, 0.05) is 23.3 Å². The average molecular weight is 321 g/mol. The Morgan fingerprint density at radius 1 is 1.17 bits per heavy atom. The topological polar surface area (TPSA) is 151 Å². The highest BCUT2D eigenvalue weighted by Gasteiger charge is 2.65. The highest BCUT2D eigenvalue weighted by Crippen LogP contribution is 2.61. The normalized spacial score (nSPS) is 35.2. The van der Waals surface area contributed by atoms with Crippen LogP contribution in [-0.2, 0) is 0 Å². The Kier molecular flexibility index (Phi) is 3.11. The summed E-state index contributed by atoms with van der Waals surface area (Å²) in [7, 11) is 0. The molecule has 124 valence electrons. The maximum absolute atomic E-state index is 10.4. The first-order valence-electron chi connectivity index (χ1n) is 7.55. The molecule has 0 aliphatic heterocycles. The zero-order valence-electron chi connectivity index (χ0n) is 12.3. The van der Waals surface area contributed by atoms with E-state index < -0.39 is 23.5 Å². The number of hydrogen-bond donors (Lipinski definition) is 5. The summed E-state index contributed by atoms with van der Waals surface area (Å²) in [5.74, 6) is -0.537. The van der Waals surface area contributed by atoms with Gasteiger partial charge in [-0.2, -0.15) is 0 Å². The highest BCUT2D eigenvalue weighted by molar-refractivity contribution is 5.81. The molecule has 5 atom stereocenters. The van der Waals surface area contributed by atoms with Crippen LogP contribution < -0.4 is 5.73 Å². The van der Waals surface area contributed by atoms with Crippen molar-refractivity contribution in [2.45, 2.75) is 24.7 Å². The summed E-state index contributed by atoms with van der Waals surface area (Å²) in [5, 5.41) is 40.3. The van der Waals surface area contributed by atoms with E-state index in [9.17, 15) is 20.4 Å². The Bertz CT molecular complexity index is 746. The molecular formula is C14H19N5O4. The number of aliphatic hydroxyl groups is 4. The zero-order valence-corrected chi connectivity index (χ0v) is 12.3. The lowest BCUT2D eigenvalue weighted by Gasteiger charge is -2.38. The fourth-order valence-electron chi connectivity index (χ4n) is 4.56. The quantitative estimate of drug-likeness (QED) is 0.448. The molecular weight excluding hydrogens is 302 g/mol. The predicted octanol–water partition coefficient (Wildman–Crippen LogP) is -1.71. The molecule has 2 fully saturated rings. The van der Waals surface area contributed by atoms with Gasteiger partial charge in [0.05, 0.1) is 31.7 Å². The predicted molar refractivity (Wildman–Crippen MR) is 79.0 cm³/mol. The number of aliphatic hydroxyl groups excluding tert-OH is 4. The van der Waals surface area contributed by atoms with Gasteiger partial charge in [0.15, 0.2) is 11.5 Å². The minimum atomic E-state index is -1.02. The van der Waals surface area contributed by atoms with E-state index in [0.29, 0.717) is 17.6 Å². The molecule has 0 amide bonds. The third-order valence-electron chi connectivity index (χ3n) is 5.65. The number of nitrogen functional groups attached to an aromatic ring is 1. The van der Waals surface area contributed by atoms with Crippen molar-refractivity contribution in [3.8, 4) is 0 Å². The van der Waals surface area contributed by atoms with Gasteiger partial charge in [-0.25, -0.2) is 15.0 Å². The summed E-state index contributed by atoms with van der Waals surface area (Å²) >= 11 is 0. The fraction of sp³-hybridized carbons (Fsp3) is 0.643. The molecule has 0 saturated heterocycles. The van der Waals surface area contributed by atoms with E-state index in [1.807, 2.05) is 0 Å². The van der Waals surface area contributed by atoms with Gasteiger partial charge in [0.1, 0.15) is 11.8 Å². The summed E-state index contributed by atoms with van der Waals surface area (Å²) in [6, 6.07) is -0.321. The molecule has 2 aromatic rings. The van der Waals surface area contributed by atoms with Crippen molar-refractivity contribution in [1.82, 2.24) is 19.5 Å². The van der Waals surface area contributed by atoms with Crippen LogP contribution in [0.5, 0.6) is 0 Å². The molecule has 2 bridgehead atoms. The number of nitrogens with two attached hydrogens (primary N) is 1. The molecule has 9 nitrogen and oxygen atoms in total. The van der Waals surface area contributed by atoms with Crippen LogP contribution in [0.1, 0.15) is 12.5 Å². The van der Waals surface area contributed by atoms with E-state index in [1.165, 1.54) is 6.33 Å². The highest BCUT2D eigenvalue weighted by atomic mass is 16.3. The van der Waals surface area contributed by atoms with Gasteiger partial charge in [0.25, 0.3) is 0 Å². The van der Waals surface area contributed by atoms with Crippen molar-refractivity contribution in [2.75, 3.05) is 18.9 Å². The Morgan fingerprint density at radius 3 is 2.61 bits per heavy atom. The summed E-state index contributed by atoms with van der Waals surface area (Å²) in [6.07, 6.45) is 1.40. The Morgan fingerprint density at radius 2 is 1.91 bits per heavy atom. The lowest BCUT2D eigenvalue weighted by atomic mass is 9.72. The largest absolute Gasteiger partial charge is 0.396 e.